The van der Waals surface area contributed by atoms with Gasteiger partial charge in [-0.15, -0.1) is 0 Å². The van der Waals surface area contributed by atoms with Crippen molar-refractivity contribution in [2.45, 2.75) is 51.6 Å². The zero-order valence-electron chi connectivity index (χ0n) is 11.8. The van der Waals surface area contributed by atoms with Gasteiger partial charge in [-0.3, -0.25) is 4.90 Å². The van der Waals surface area contributed by atoms with E-state index in [0.717, 1.165) is 24.1 Å². The molecule has 0 radical (unpaired) electrons. The third-order valence-corrected chi connectivity index (χ3v) is 3.68. The van der Waals surface area contributed by atoms with Crippen LogP contribution >= 0.6 is 0 Å². The van der Waals surface area contributed by atoms with Crippen molar-refractivity contribution in [3.05, 3.63) is 18.1 Å². The summed E-state index contributed by atoms with van der Waals surface area (Å²) in [6.07, 6.45) is 4.35. The van der Waals surface area contributed by atoms with Gasteiger partial charge in [0.15, 0.2) is 0 Å². The molecule has 1 aliphatic carbocycles. The molecule has 4 heteroatoms. The predicted molar refractivity (Wildman–Crippen MR) is 74.9 cm³/mol. The van der Waals surface area contributed by atoms with Crippen molar-refractivity contribution >= 4 is 5.82 Å². The Morgan fingerprint density at radius 1 is 1.33 bits per heavy atom. The molecule has 1 saturated carbocycles. The largest absolute Gasteiger partial charge is 0.368 e. The van der Waals surface area contributed by atoms with Crippen LogP contribution in [0.15, 0.2) is 12.4 Å². The summed E-state index contributed by atoms with van der Waals surface area (Å²) < 4.78 is 0. The van der Waals surface area contributed by atoms with Gasteiger partial charge in [0.2, 0.25) is 0 Å². The highest BCUT2D eigenvalue weighted by Gasteiger charge is 2.28. The summed E-state index contributed by atoms with van der Waals surface area (Å²) in [6.45, 7) is 7.49. The van der Waals surface area contributed by atoms with Crippen LogP contribution in [-0.2, 0) is 0 Å². The maximum Gasteiger partial charge on any atom is 0.129 e. The highest BCUT2D eigenvalue weighted by molar-refractivity contribution is 5.35. The third-order valence-electron chi connectivity index (χ3n) is 3.68. The second-order valence-electron chi connectivity index (χ2n) is 5.61. The molecule has 0 saturated heterocycles. The summed E-state index contributed by atoms with van der Waals surface area (Å²) in [5.41, 5.74) is 1.09. The Bertz CT molecular complexity index is 387. The molecule has 1 N–H and O–H groups in total. The van der Waals surface area contributed by atoms with E-state index in [9.17, 15) is 0 Å². The summed E-state index contributed by atoms with van der Waals surface area (Å²) in [7, 11) is 2.21. The van der Waals surface area contributed by atoms with Crippen LogP contribution in [0.3, 0.4) is 0 Å². The molecule has 1 aromatic rings. The van der Waals surface area contributed by atoms with Crippen LogP contribution < -0.4 is 5.32 Å². The summed E-state index contributed by atoms with van der Waals surface area (Å²) in [4.78, 5) is 11.0. The van der Waals surface area contributed by atoms with Crippen molar-refractivity contribution in [1.82, 2.24) is 14.9 Å². The van der Waals surface area contributed by atoms with Crippen LogP contribution in [-0.4, -0.2) is 40.5 Å². The first kappa shape index (κ1) is 13.3. The van der Waals surface area contributed by atoms with Gasteiger partial charge in [0.25, 0.3) is 0 Å². The highest BCUT2D eigenvalue weighted by atomic mass is 15.2. The van der Waals surface area contributed by atoms with Gasteiger partial charge < -0.3 is 5.32 Å². The number of rotatable bonds is 6. The van der Waals surface area contributed by atoms with Gasteiger partial charge in [-0.05, 0) is 32.7 Å². The number of hydrogen-bond donors (Lipinski definition) is 1. The molecule has 1 unspecified atom stereocenters. The van der Waals surface area contributed by atoms with Gasteiger partial charge >= 0.3 is 0 Å². The molecule has 2 rings (SSSR count). The standard InChI is InChI=1S/C14H24N4/c1-10(2)13-7-14(17-9-16-13)15-8-11(3)18(4)12-5-6-12/h7,9-12H,5-6,8H2,1-4H3,(H,15,16,17). The van der Waals surface area contributed by atoms with Crippen molar-refractivity contribution in [1.29, 1.82) is 0 Å². The zero-order valence-corrected chi connectivity index (χ0v) is 11.8. The van der Waals surface area contributed by atoms with E-state index in [1.165, 1.54) is 12.8 Å². The second-order valence-corrected chi connectivity index (χ2v) is 5.61. The van der Waals surface area contributed by atoms with Gasteiger partial charge in [-0.2, -0.15) is 0 Å². The first-order valence-corrected chi connectivity index (χ1v) is 6.85. The molecular weight excluding hydrogens is 224 g/mol. The molecule has 100 valence electrons. The average molecular weight is 248 g/mol. The summed E-state index contributed by atoms with van der Waals surface area (Å²) in [6, 6.07) is 3.39. The van der Waals surface area contributed by atoms with Crippen LogP contribution in [0.5, 0.6) is 0 Å². The van der Waals surface area contributed by atoms with E-state index >= 15 is 0 Å². The zero-order chi connectivity index (χ0) is 13.1. The molecular formula is C14H24N4. The summed E-state index contributed by atoms with van der Waals surface area (Å²) in [5.74, 6) is 1.38. The molecule has 0 spiro atoms. The predicted octanol–water partition coefficient (Wildman–Crippen LogP) is 2.49. The normalized spacial score (nSPS) is 17.2. The minimum atomic E-state index is 0.445. The van der Waals surface area contributed by atoms with E-state index in [1.807, 2.05) is 0 Å². The molecule has 1 aliphatic rings. The number of hydrogen-bond acceptors (Lipinski definition) is 4. The van der Waals surface area contributed by atoms with Crippen molar-refractivity contribution in [3.8, 4) is 0 Å². The van der Waals surface area contributed by atoms with E-state index in [-0.39, 0.29) is 0 Å². The van der Waals surface area contributed by atoms with Crippen molar-refractivity contribution in [2.75, 3.05) is 18.9 Å². The Balaban J connectivity index is 1.87. The molecule has 1 atom stereocenters. The molecule has 1 aromatic heterocycles. The van der Waals surface area contributed by atoms with Crippen LogP contribution in [0.2, 0.25) is 0 Å². The number of nitrogens with one attached hydrogen (secondary N) is 1. The van der Waals surface area contributed by atoms with Crippen LogP contribution in [0.25, 0.3) is 0 Å². The van der Waals surface area contributed by atoms with Gasteiger partial charge in [-0.1, -0.05) is 13.8 Å². The lowest BCUT2D eigenvalue weighted by atomic mass is 10.1. The van der Waals surface area contributed by atoms with E-state index < -0.39 is 0 Å². The molecule has 18 heavy (non-hydrogen) atoms. The lowest BCUT2D eigenvalue weighted by Crippen LogP contribution is -2.36. The Morgan fingerprint density at radius 2 is 2.06 bits per heavy atom. The Labute approximate surface area is 110 Å². The maximum atomic E-state index is 4.28. The summed E-state index contributed by atoms with van der Waals surface area (Å²) in [5, 5.41) is 3.41. The fourth-order valence-corrected chi connectivity index (χ4v) is 2.02. The smallest absolute Gasteiger partial charge is 0.129 e. The van der Waals surface area contributed by atoms with Gasteiger partial charge in [0.1, 0.15) is 12.1 Å². The van der Waals surface area contributed by atoms with Crippen molar-refractivity contribution in [2.24, 2.45) is 0 Å². The minimum absolute atomic E-state index is 0.445. The van der Waals surface area contributed by atoms with E-state index in [0.29, 0.717) is 12.0 Å². The average Bonchev–Trinajstić information content (AvgIpc) is 3.19. The minimum Gasteiger partial charge on any atom is -0.368 e. The molecule has 0 aromatic carbocycles. The van der Waals surface area contributed by atoms with E-state index in [1.54, 1.807) is 6.33 Å². The highest BCUT2D eigenvalue weighted by Crippen LogP contribution is 2.26. The fourth-order valence-electron chi connectivity index (χ4n) is 2.02. The van der Waals surface area contributed by atoms with Crippen LogP contribution in [0.1, 0.15) is 45.2 Å². The lowest BCUT2D eigenvalue weighted by Gasteiger charge is -2.24. The fraction of sp³-hybridized carbons (Fsp3) is 0.714. The second kappa shape index (κ2) is 5.65. The lowest BCUT2D eigenvalue weighted by molar-refractivity contribution is 0.257. The number of aromatic nitrogens is 2. The first-order chi connectivity index (χ1) is 8.58. The maximum absolute atomic E-state index is 4.28. The molecule has 0 amide bonds. The SMILES string of the molecule is CC(C)c1cc(NCC(C)N(C)C2CC2)ncn1. The van der Waals surface area contributed by atoms with Gasteiger partial charge in [0.05, 0.1) is 0 Å². The van der Waals surface area contributed by atoms with Crippen LogP contribution in [0.4, 0.5) is 5.82 Å². The molecule has 4 nitrogen and oxygen atoms in total. The monoisotopic (exact) mass is 248 g/mol. The van der Waals surface area contributed by atoms with Crippen LogP contribution in [0, 0.1) is 0 Å². The molecule has 1 fully saturated rings. The Morgan fingerprint density at radius 3 is 2.67 bits per heavy atom. The third kappa shape index (κ3) is 3.42. The van der Waals surface area contributed by atoms with E-state index in [2.05, 4.69) is 54.1 Å². The molecule has 1 heterocycles. The van der Waals surface area contributed by atoms with Crippen molar-refractivity contribution in [3.63, 3.8) is 0 Å². The molecule has 0 bridgehead atoms. The quantitative estimate of drug-likeness (QED) is 0.840. The summed E-state index contributed by atoms with van der Waals surface area (Å²) >= 11 is 0. The number of anilines is 1. The Kier molecular flexibility index (Phi) is 4.17. The first-order valence-electron chi connectivity index (χ1n) is 6.85. The Hall–Kier alpha value is -1.16. The number of likely N-dealkylation sites (N-methyl/N-ethyl adjacent to an activating group) is 1. The number of nitrogens with zero attached hydrogens (tertiary/aromatic N) is 3. The van der Waals surface area contributed by atoms with Gasteiger partial charge in [-0.25, -0.2) is 9.97 Å². The van der Waals surface area contributed by atoms with Gasteiger partial charge in [0, 0.05) is 30.4 Å². The van der Waals surface area contributed by atoms with Crippen molar-refractivity contribution < 1.29 is 0 Å². The van der Waals surface area contributed by atoms with E-state index in [4.69, 9.17) is 0 Å². The molecule has 0 aliphatic heterocycles. The topological polar surface area (TPSA) is 41.0 Å².